The number of nitrogens with zero attached hydrogens (tertiary/aromatic N) is 1. The highest BCUT2D eigenvalue weighted by molar-refractivity contribution is 5.71. The number of aliphatic imine (C=N–C) groups is 1. The van der Waals surface area contributed by atoms with Crippen LogP contribution in [0.25, 0.3) is 0 Å². The van der Waals surface area contributed by atoms with Crippen LogP contribution in [0.1, 0.15) is 34.1 Å². The molecule has 16 heavy (non-hydrogen) atoms. The van der Waals surface area contributed by atoms with Crippen molar-refractivity contribution in [3.05, 3.63) is 24.6 Å². The summed E-state index contributed by atoms with van der Waals surface area (Å²) in [6.45, 7) is 10.9. The second-order valence-corrected chi connectivity index (χ2v) is 4.13. The molecule has 0 heterocycles. The van der Waals surface area contributed by atoms with Gasteiger partial charge in [0.05, 0.1) is 0 Å². The quantitative estimate of drug-likeness (QED) is 0.589. The molecule has 0 saturated carbocycles. The summed E-state index contributed by atoms with van der Waals surface area (Å²) in [5.74, 6) is 0.422. The minimum atomic E-state index is -0.520. The molecule has 0 fully saturated rings. The SMILES string of the molecule is C=C/C=C(\N=CCC)NC(=O)OC(C)(C)C. The first kappa shape index (κ1) is 14.4. The lowest BCUT2D eigenvalue weighted by atomic mass is 10.2. The van der Waals surface area contributed by atoms with Gasteiger partial charge in [0.1, 0.15) is 11.4 Å². The third-order valence-corrected chi connectivity index (χ3v) is 1.32. The fraction of sp³-hybridized carbons (Fsp3) is 0.500. The monoisotopic (exact) mass is 224 g/mol. The maximum Gasteiger partial charge on any atom is 0.413 e. The molecule has 0 aromatic carbocycles. The average Bonchev–Trinajstić information content (AvgIpc) is 2.11. The molecule has 0 rings (SSSR count). The van der Waals surface area contributed by atoms with E-state index in [-0.39, 0.29) is 0 Å². The summed E-state index contributed by atoms with van der Waals surface area (Å²) in [4.78, 5) is 15.5. The van der Waals surface area contributed by atoms with E-state index in [0.717, 1.165) is 6.42 Å². The Morgan fingerprint density at radius 1 is 1.50 bits per heavy atom. The van der Waals surface area contributed by atoms with Gasteiger partial charge in [-0.05, 0) is 33.3 Å². The maximum absolute atomic E-state index is 11.4. The van der Waals surface area contributed by atoms with Crippen molar-refractivity contribution >= 4 is 12.3 Å². The lowest BCUT2D eigenvalue weighted by Crippen LogP contribution is -2.31. The maximum atomic E-state index is 11.4. The molecule has 0 aliphatic carbocycles. The van der Waals surface area contributed by atoms with E-state index in [1.165, 1.54) is 0 Å². The van der Waals surface area contributed by atoms with Crippen molar-refractivity contribution in [3.63, 3.8) is 0 Å². The van der Waals surface area contributed by atoms with Crippen molar-refractivity contribution in [3.8, 4) is 0 Å². The lowest BCUT2D eigenvalue weighted by Gasteiger charge is -2.19. The summed E-state index contributed by atoms with van der Waals surface area (Å²) < 4.78 is 5.10. The zero-order valence-electron chi connectivity index (χ0n) is 10.4. The van der Waals surface area contributed by atoms with Gasteiger partial charge in [-0.3, -0.25) is 5.32 Å². The van der Waals surface area contributed by atoms with Crippen molar-refractivity contribution < 1.29 is 9.53 Å². The molecular weight excluding hydrogens is 204 g/mol. The van der Waals surface area contributed by atoms with Crippen LogP contribution in [0.3, 0.4) is 0 Å². The molecule has 4 nitrogen and oxygen atoms in total. The third kappa shape index (κ3) is 7.79. The van der Waals surface area contributed by atoms with Gasteiger partial charge >= 0.3 is 6.09 Å². The average molecular weight is 224 g/mol. The Bertz CT molecular complexity index is 299. The van der Waals surface area contributed by atoms with E-state index in [0.29, 0.717) is 5.82 Å². The fourth-order valence-electron chi connectivity index (χ4n) is 0.826. The Morgan fingerprint density at radius 3 is 2.56 bits per heavy atom. The number of rotatable bonds is 4. The van der Waals surface area contributed by atoms with Crippen molar-refractivity contribution in [2.75, 3.05) is 0 Å². The molecule has 0 aliphatic rings. The largest absolute Gasteiger partial charge is 0.444 e. The molecule has 0 aliphatic heterocycles. The van der Waals surface area contributed by atoms with Crippen LogP contribution in [0.15, 0.2) is 29.5 Å². The van der Waals surface area contributed by atoms with Crippen molar-refractivity contribution in [2.45, 2.75) is 39.7 Å². The molecule has 4 heteroatoms. The van der Waals surface area contributed by atoms with Gasteiger partial charge in [-0.25, -0.2) is 9.79 Å². The van der Waals surface area contributed by atoms with E-state index >= 15 is 0 Å². The van der Waals surface area contributed by atoms with Crippen LogP contribution in [-0.4, -0.2) is 17.9 Å². The van der Waals surface area contributed by atoms with Crippen LogP contribution < -0.4 is 5.32 Å². The van der Waals surface area contributed by atoms with Gasteiger partial charge < -0.3 is 4.74 Å². The van der Waals surface area contributed by atoms with E-state index < -0.39 is 11.7 Å². The Morgan fingerprint density at radius 2 is 2.12 bits per heavy atom. The standard InChI is InChI=1S/C12H20N2O2/c1-6-8-10(13-9-7-2)14-11(15)16-12(3,4)5/h6,8-9H,1,7H2,2-5H3,(H,14,15)/b10-8+,13-9?. The number of carbonyl (C=O) groups is 1. The number of nitrogens with one attached hydrogen (secondary N) is 1. The van der Waals surface area contributed by atoms with Crippen molar-refractivity contribution in [1.29, 1.82) is 0 Å². The zero-order chi connectivity index (χ0) is 12.6. The Kier molecular flexibility index (Phi) is 6.15. The Labute approximate surface area is 97.1 Å². The molecule has 0 aromatic heterocycles. The van der Waals surface area contributed by atoms with Gasteiger partial charge in [0, 0.05) is 6.21 Å². The number of ether oxygens (including phenoxy) is 1. The summed E-state index contributed by atoms with van der Waals surface area (Å²) in [6, 6.07) is 0. The highest BCUT2D eigenvalue weighted by atomic mass is 16.6. The van der Waals surface area contributed by atoms with Crippen LogP contribution in [-0.2, 0) is 4.74 Å². The number of hydrogen-bond acceptors (Lipinski definition) is 3. The van der Waals surface area contributed by atoms with Gasteiger partial charge in [0.25, 0.3) is 0 Å². The molecule has 1 amide bonds. The third-order valence-electron chi connectivity index (χ3n) is 1.32. The van der Waals surface area contributed by atoms with Gasteiger partial charge in [-0.15, -0.1) is 0 Å². The zero-order valence-corrected chi connectivity index (χ0v) is 10.4. The Balaban J connectivity index is 4.42. The normalized spacial score (nSPS) is 12.6. The number of allylic oxidation sites excluding steroid dienone is 2. The highest BCUT2D eigenvalue weighted by Crippen LogP contribution is 2.07. The van der Waals surface area contributed by atoms with Crippen LogP contribution in [0.4, 0.5) is 4.79 Å². The molecular formula is C12H20N2O2. The highest BCUT2D eigenvalue weighted by Gasteiger charge is 2.16. The predicted molar refractivity (Wildman–Crippen MR) is 66.4 cm³/mol. The summed E-state index contributed by atoms with van der Waals surface area (Å²) >= 11 is 0. The van der Waals surface area contributed by atoms with Gasteiger partial charge in [-0.1, -0.05) is 19.6 Å². The minimum absolute atomic E-state index is 0.422. The smallest absolute Gasteiger partial charge is 0.413 e. The van der Waals surface area contributed by atoms with Crippen molar-refractivity contribution in [1.82, 2.24) is 5.32 Å². The minimum Gasteiger partial charge on any atom is -0.444 e. The summed E-state index contributed by atoms with van der Waals surface area (Å²) in [5, 5.41) is 2.54. The van der Waals surface area contributed by atoms with E-state index in [1.54, 1.807) is 39.1 Å². The molecule has 0 atom stereocenters. The number of amides is 1. The van der Waals surface area contributed by atoms with Crippen LogP contribution in [0.2, 0.25) is 0 Å². The van der Waals surface area contributed by atoms with E-state index in [9.17, 15) is 4.79 Å². The van der Waals surface area contributed by atoms with Crippen LogP contribution in [0, 0.1) is 0 Å². The fourth-order valence-corrected chi connectivity index (χ4v) is 0.826. The Hall–Kier alpha value is -1.58. The van der Waals surface area contributed by atoms with Gasteiger partial charge in [0.15, 0.2) is 0 Å². The van der Waals surface area contributed by atoms with E-state index in [2.05, 4.69) is 16.9 Å². The van der Waals surface area contributed by atoms with E-state index in [4.69, 9.17) is 4.74 Å². The van der Waals surface area contributed by atoms with Crippen molar-refractivity contribution in [2.24, 2.45) is 4.99 Å². The second kappa shape index (κ2) is 6.82. The molecule has 0 aromatic rings. The summed E-state index contributed by atoms with van der Waals surface area (Å²) in [6.07, 6.45) is 5.14. The molecule has 0 unspecified atom stereocenters. The molecule has 0 saturated heterocycles. The first-order chi connectivity index (χ1) is 7.39. The summed E-state index contributed by atoms with van der Waals surface area (Å²) in [7, 11) is 0. The predicted octanol–water partition coefficient (Wildman–Crippen LogP) is 3.02. The molecule has 90 valence electrons. The van der Waals surface area contributed by atoms with Gasteiger partial charge in [0.2, 0.25) is 0 Å². The molecule has 0 radical (unpaired) electrons. The van der Waals surface area contributed by atoms with Crippen LogP contribution in [0.5, 0.6) is 0 Å². The topological polar surface area (TPSA) is 50.7 Å². The first-order valence-corrected chi connectivity index (χ1v) is 5.24. The lowest BCUT2D eigenvalue weighted by molar-refractivity contribution is 0.0545. The molecule has 1 N–H and O–H groups in total. The van der Waals surface area contributed by atoms with E-state index in [1.807, 2.05) is 6.92 Å². The van der Waals surface area contributed by atoms with Crippen LogP contribution >= 0.6 is 0 Å². The second-order valence-electron chi connectivity index (χ2n) is 4.13. The molecule has 0 bridgehead atoms. The van der Waals surface area contributed by atoms with Gasteiger partial charge in [-0.2, -0.15) is 0 Å². The number of hydrogen-bond donors (Lipinski definition) is 1. The number of carbonyl (C=O) groups excluding carboxylic acids is 1. The molecule has 0 spiro atoms. The number of alkyl carbamates (subject to hydrolysis) is 1. The first-order valence-electron chi connectivity index (χ1n) is 5.24. The summed E-state index contributed by atoms with van der Waals surface area (Å²) in [5.41, 5.74) is -0.516.